The van der Waals surface area contributed by atoms with E-state index in [2.05, 4.69) is 15.3 Å². The van der Waals surface area contributed by atoms with Crippen LogP contribution in [0.2, 0.25) is 0 Å². The summed E-state index contributed by atoms with van der Waals surface area (Å²) in [6.45, 7) is 0.493. The number of amides is 1. The number of carbonyl (C=O) groups excluding carboxylic acids is 1. The van der Waals surface area contributed by atoms with Gasteiger partial charge in [0.2, 0.25) is 0 Å². The number of hydrogen-bond acceptors (Lipinski definition) is 5. The number of nitrogen functional groups attached to an aromatic ring is 1. The normalized spacial score (nSPS) is 10.0. The summed E-state index contributed by atoms with van der Waals surface area (Å²) in [5.74, 6) is -0.0306. The lowest BCUT2D eigenvalue weighted by molar-refractivity contribution is 0.0946. The quantitative estimate of drug-likeness (QED) is 0.831. The first kappa shape index (κ1) is 10.6. The van der Waals surface area contributed by atoms with E-state index < -0.39 is 0 Å². The summed E-state index contributed by atoms with van der Waals surface area (Å²) in [6, 6.07) is 3.89. The molecule has 2 heterocycles. The van der Waals surface area contributed by atoms with Crippen LogP contribution in [0.4, 0.5) is 5.82 Å². The summed E-state index contributed by atoms with van der Waals surface area (Å²) in [6.07, 6.45) is 2.79. The number of nitrogens with one attached hydrogen (secondary N) is 1. The predicted octanol–water partition coefficient (Wildman–Crippen LogP) is 1.05. The molecule has 5 nitrogen and oxygen atoms in total. The highest BCUT2D eigenvalue weighted by Crippen LogP contribution is 2.07. The van der Waals surface area contributed by atoms with E-state index in [0.29, 0.717) is 6.54 Å². The maximum absolute atomic E-state index is 11.6. The molecule has 2 aromatic rings. The molecule has 0 bridgehead atoms. The maximum Gasteiger partial charge on any atom is 0.271 e. The Morgan fingerprint density at radius 1 is 1.50 bits per heavy atom. The van der Waals surface area contributed by atoms with Gasteiger partial charge < -0.3 is 11.1 Å². The first-order chi connectivity index (χ1) is 7.75. The van der Waals surface area contributed by atoms with Gasteiger partial charge in [-0.15, -0.1) is 11.3 Å². The van der Waals surface area contributed by atoms with Crippen LogP contribution in [0.15, 0.2) is 29.9 Å². The molecule has 1 amide bonds. The predicted molar refractivity (Wildman–Crippen MR) is 61.9 cm³/mol. The summed E-state index contributed by atoms with van der Waals surface area (Å²) in [5.41, 5.74) is 5.67. The van der Waals surface area contributed by atoms with Crippen LogP contribution in [0.25, 0.3) is 0 Å². The molecular formula is C10H10N4OS. The average Bonchev–Trinajstić information content (AvgIpc) is 2.78. The summed E-state index contributed by atoms with van der Waals surface area (Å²) >= 11 is 1.59. The largest absolute Gasteiger partial charge is 0.382 e. The third-order valence-electron chi connectivity index (χ3n) is 1.89. The van der Waals surface area contributed by atoms with Gasteiger partial charge in [0.25, 0.3) is 5.91 Å². The van der Waals surface area contributed by atoms with Gasteiger partial charge >= 0.3 is 0 Å². The molecule has 16 heavy (non-hydrogen) atoms. The lowest BCUT2D eigenvalue weighted by Gasteiger charge is -2.02. The van der Waals surface area contributed by atoms with Crippen molar-refractivity contribution in [2.45, 2.75) is 6.54 Å². The smallest absolute Gasteiger partial charge is 0.271 e. The molecule has 2 rings (SSSR count). The standard InChI is InChI=1S/C10H10N4OS/c11-9-6-12-5-8(14-9)10(15)13-4-7-2-1-3-16-7/h1-3,5-6H,4H2,(H2,11,14)(H,13,15). The minimum absolute atomic E-state index is 0.233. The molecule has 0 radical (unpaired) electrons. The maximum atomic E-state index is 11.6. The molecule has 0 aliphatic carbocycles. The van der Waals surface area contributed by atoms with Crippen LogP contribution in [0, 0.1) is 0 Å². The molecule has 0 saturated carbocycles. The van der Waals surface area contributed by atoms with E-state index in [4.69, 9.17) is 5.73 Å². The number of thiophene rings is 1. The highest BCUT2D eigenvalue weighted by molar-refractivity contribution is 7.09. The Hall–Kier alpha value is -1.95. The van der Waals surface area contributed by atoms with Gasteiger partial charge in [-0.05, 0) is 11.4 Å². The first-order valence-electron chi connectivity index (χ1n) is 4.64. The Balaban J connectivity index is 1.98. The SMILES string of the molecule is Nc1cncc(C(=O)NCc2cccs2)n1. The lowest BCUT2D eigenvalue weighted by atomic mass is 10.4. The second-order valence-corrected chi connectivity index (χ2v) is 4.12. The van der Waals surface area contributed by atoms with E-state index in [9.17, 15) is 4.79 Å². The van der Waals surface area contributed by atoms with Crippen LogP contribution in [-0.4, -0.2) is 15.9 Å². The van der Waals surface area contributed by atoms with Gasteiger partial charge in [0, 0.05) is 4.88 Å². The topological polar surface area (TPSA) is 80.9 Å². The Kier molecular flexibility index (Phi) is 3.11. The zero-order chi connectivity index (χ0) is 11.4. The molecule has 0 aliphatic heterocycles. The zero-order valence-corrected chi connectivity index (χ0v) is 9.20. The van der Waals surface area contributed by atoms with E-state index in [1.165, 1.54) is 12.4 Å². The highest BCUT2D eigenvalue weighted by atomic mass is 32.1. The Bertz CT molecular complexity index is 483. The zero-order valence-electron chi connectivity index (χ0n) is 8.38. The number of anilines is 1. The number of hydrogen-bond donors (Lipinski definition) is 2. The number of nitrogens with zero attached hydrogens (tertiary/aromatic N) is 2. The first-order valence-corrected chi connectivity index (χ1v) is 5.52. The van der Waals surface area contributed by atoms with Gasteiger partial charge in [0.15, 0.2) is 0 Å². The third-order valence-corrected chi connectivity index (χ3v) is 2.77. The summed E-state index contributed by atoms with van der Waals surface area (Å²) in [5, 5.41) is 4.70. The van der Waals surface area contributed by atoms with Crippen molar-refractivity contribution in [2.24, 2.45) is 0 Å². The number of carbonyl (C=O) groups is 1. The van der Waals surface area contributed by atoms with Crippen LogP contribution < -0.4 is 11.1 Å². The number of nitrogens with two attached hydrogens (primary N) is 1. The fourth-order valence-electron chi connectivity index (χ4n) is 1.16. The fraction of sp³-hybridized carbons (Fsp3) is 0.100. The van der Waals surface area contributed by atoms with Crippen LogP contribution in [0.1, 0.15) is 15.4 Å². The van der Waals surface area contributed by atoms with Crippen LogP contribution in [0.3, 0.4) is 0 Å². The van der Waals surface area contributed by atoms with Crippen LogP contribution in [0.5, 0.6) is 0 Å². The van der Waals surface area contributed by atoms with Crippen molar-refractivity contribution >= 4 is 23.1 Å². The van der Waals surface area contributed by atoms with Gasteiger partial charge in [-0.3, -0.25) is 9.78 Å². The third kappa shape index (κ3) is 2.54. The van der Waals surface area contributed by atoms with Gasteiger partial charge in [0.05, 0.1) is 18.9 Å². The van der Waals surface area contributed by atoms with Crippen molar-refractivity contribution in [3.8, 4) is 0 Å². The molecule has 0 aliphatic rings. The molecule has 82 valence electrons. The summed E-state index contributed by atoms with van der Waals surface area (Å²) in [7, 11) is 0. The lowest BCUT2D eigenvalue weighted by Crippen LogP contribution is -2.23. The summed E-state index contributed by atoms with van der Waals surface area (Å²) in [4.78, 5) is 20.4. The number of rotatable bonds is 3. The van der Waals surface area contributed by atoms with Crippen LogP contribution in [-0.2, 0) is 6.54 Å². The molecule has 6 heteroatoms. The Morgan fingerprint density at radius 2 is 2.38 bits per heavy atom. The molecule has 0 unspecified atom stereocenters. The van der Waals surface area contributed by atoms with Crippen molar-refractivity contribution < 1.29 is 4.79 Å². The fourth-order valence-corrected chi connectivity index (χ4v) is 1.81. The van der Waals surface area contributed by atoms with Crippen molar-refractivity contribution in [3.05, 3.63) is 40.5 Å². The second kappa shape index (κ2) is 4.71. The van der Waals surface area contributed by atoms with Crippen molar-refractivity contribution in [3.63, 3.8) is 0 Å². The molecule has 3 N–H and O–H groups in total. The van der Waals surface area contributed by atoms with Crippen molar-refractivity contribution in [1.29, 1.82) is 0 Å². The minimum atomic E-state index is -0.270. The minimum Gasteiger partial charge on any atom is -0.382 e. The molecule has 0 saturated heterocycles. The molecular weight excluding hydrogens is 224 g/mol. The van der Waals surface area contributed by atoms with E-state index in [1.807, 2.05) is 17.5 Å². The number of aromatic nitrogens is 2. The molecule has 0 spiro atoms. The second-order valence-electron chi connectivity index (χ2n) is 3.09. The van der Waals surface area contributed by atoms with Crippen molar-refractivity contribution in [1.82, 2.24) is 15.3 Å². The van der Waals surface area contributed by atoms with E-state index in [-0.39, 0.29) is 17.4 Å². The Morgan fingerprint density at radius 3 is 3.06 bits per heavy atom. The monoisotopic (exact) mass is 234 g/mol. The molecule has 2 aromatic heterocycles. The summed E-state index contributed by atoms with van der Waals surface area (Å²) < 4.78 is 0. The molecule has 0 aromatic carbocycles. The average molecular weight is 234 g/mol. The van der Waals surface area contributed by atoms with Gasteiger partial charge in [-0.2, -0.15) is 0 Å². The van der Waals surface area contributed by atoms with E-state index in [1.54, 1.807) is 11.3 Å². The van der Waals surface area contributed by atoms with Crippen molar-refractivity contribution in [2.75, 3.05) is 5.73 Å². The Labute approximate surface area is 96.3 Å². The van der Waals surface area contributed by atoms with Crippen LogP contribution >= 0.6 is 11.3 Å². The van der Waals surface area contributed by atoms with Gasteiger partial charge in [-0.1, -0.05) is 6.07 Å². The molecule has 0 atom stereocenters. The molecule has 0 fully saturated rings. The van der Waals surface area contributed by atoms with Gasteiger partial charge in [0.1, 0.15) is 11.5 Å². The highest BCUT2D eigenvalue weighted by Gasteiger charge is 2.07. The van der Waals surface area contributed by atoms with Gasteiger partial charge in [-0.25, -0.2) is 4.98 Å². The van der Waals surface area contributed by atoms with E-state index >= 15 is 0 Å². The van der Waals surface area contributed by atoms with E-state index in [0.717, 1.165) is 4.88 Å².